The van der Waals surface area contributed by atoms with Crippen LogP contribution in [0, 0.1) is 0 Å². The third-order valence-electron chi connectivity index (χ3n) is 6.24. The number of hydrogen-bond donors (Lipinski definition) is 1. The van der Waals surface area contributed by atoms with E-state index in [2.05, 4.69) is 39.2 Å². The largest absolute Gasteiger partial charge is 0.465 e. The van der Waals surface area contributed by atoms with E-state index in [-0.39, 0.29) is 17.4 Å². The average Bonchev–Trinajstić information content (AvgIpc) is 2.67. The average molecular weight is 444 g/mol. The van der Waals surface area contributed by atoms with Gasteiger partial charge < -0.3 is 28.7 Å². The van der Waals surface area contributed by atoms with Crippen molar-refractivity contribution in [2.45, 2.75) is 88.8 Å². The van der Waals surface area contributed by atoms with Crippen LogP contribution in [0.5, 0.6) is 0 Å². The standard InChI is InChI=1S/C21H37NO7Si/c1-14(23)22-17-16(29-30(7,8)20(2,3)4)13-21(26-6,19(24)25-5)28-18(17)15-11-9-10-12-27-15/h9,11,15-18H,10,12-13H2,1-8H3,(H,22,23)/t15-,16+,17-,18+,21+/m1/s1. The Labute approximate surface area is 180 Å². The van der Waals surface area contributed by atoms with Gasteiger partial charge in [-0.2, -0.15) is 0 Å². The van der Waals surface area contributed by atoms with Crippen LogP contribution in [0.25, 0.3) is 0 Å². The van der Waals surface area contributed by atoms with E-state index in [4.69, 9.17) is 23.4 Å². The monoisotopic (exact) mass is 443 g/mol. The highest BCUT2D eigenvalue weighted by Gasteiger charge is 2.57. The van der Waals surface area contributed by atoms with Crippen molar-refractivity contribution < 1.29 is 33.0 Å². The normalized spacial score (nSPS) is 32.5. The summed E-state index contributed by atoms with van der Waals surface area (Å²) >= 11 is 0. The Balaban J connectivity index is 2.51. The lowest BCUT2D eigenvalue weighted by atomic mass is 9.89. The number of amides is 1. The van der Waals surface area contributed by atoms with E-state index in [0.717, 1.165) is 6.42 Å². The van der Waals surface area contributed by atoms with Gasteiger partial charge in [-0.05, 0) is 24.6 Å². The summed E-state index contributed by atoms with van der Waals surface area (Å²) in [6.07, 6.45) is 3.13. The quantitative estimate of drug-likeness (QED) is 0.383. The number of carbonyl (C=O) groups is 2. The molecule has 30 heavy (non-hydrogen) atoms. The fraction of sp³-hybridized carbons (Fsp3) is 0.810. The molecule has 0 radical (unpaired) electrons. The van der Waals surface area contributed by atoms with Gasteiger partial charge in [0.25, 0.3) is 5.79 Å². The third-order valence-corrected chi connectivity index (χ3v) is 10.7. The molecule has 0 saturated carbocycles. The topological polar surface area (TPSA) is 92.3 Å². The molecule has 0 unspecified atom stereocenters. The van der Waals surface area contributed by atoms with Gasteiger partial charge in [0.1, 0.15) is 12.2 Å². The molecule has 2 heterocycles. The van der Waals surface area contributed by atoms with Crippen molar-refractivity contribution in [2.75, 3.05) is 20.8 Å². The number of ether oxygens (including phenoxy) is 4. The molecule has 0 aromatic rings. The number of nitrogens with one attached hydrogen (secondary N) is 1. The van der Waals surface area contributed by atoms with Crippen LogP contribution in [-0.4, -0.2) is 71.2 Å². The molecule has 1 amide bonds. The van der Waals surface area contributed by atoms with Gasteiger partial charge >= 0.3 is 5.97 Å². The van der Waals surface area contributed by atoms with E-state index in [1.807, 2.05) is 12.2 Å². The lowest BCUT2D eigenvalue weighted by molar-refractivity contribution is -0.298. The van der Waals surface area contributed by atoms with Crippen molar-refractivity contribution >= 4 is 20.2 Å². The highest BCUT2D eigenvalue weighted by molar-refractivity contribution is 6.74. The van der Waals surface area contributed by atoms with E-state index in [1.165, 1.54) is 21.1 Å². The number of methoxy groups -OCH3 is 2. The lowest BCUT2D eigenvalue weighted by Crippen LogP contribution is -2.68. The van der Waals surface area contributed by atoms with Crippen molar-refractivity contribution in [2.24, 2.45) is 0 Å². The molecule has 0 aliphatic carbocycles. The van der Waals surface area contributed by atoms with Gasteiger partial charge in [0.05, 0.1) is 25.9 Å². The van der Waals surface area contributed by atoms with E-state index in [9.17, 15) is 9.59 Å². The summed E-state index contributed by atoms with van der Waals surface area (Å²) in [6, 6.07) is -0.516. The molecule has 0 aromatic heterocycles. The first kappa shape index (κ1) is 25.0. The SMILES string of the molecule is COC(=O)[C@]1(OC)C[C@H](O[Si](C)(C)C(C)(C)C)[C@@H](NC(C)=O)[C@H]([C@H]2C=CCCO2)O1. The minimum atomic E-state index is -2.26. The van der Waals surface area contributed by atoms with Gasteiger partial charge in [-0.3, -0.25) is 4.79 Å². The molecule has 2 aliphatic rings. The van der Waals surface area contributed by atoms with Gasteiger partial charge in [0.2, 0.25) is 5.91 Å². The molecule has 1 fully saturated rings. The number of rotatable bonds is 6. The zero-order valence-corrected chi connectivity index (χ0v) is 20.4. The van der Waals surface area contributed by atoms with Gasteiger partial charge in [0.15, 0.2) is 8.32 Å². The first-order valence-corrected chi connectivity index (χ1v) is 13.3. The number of carbonyl (C=O) groups excluding carboxylic acids is 2. The lowest BCUT2D eigenvalue weighted by Gasteiger charge is -2.51. The molecular weight excluding hydrogens is 406 g/mol. The van der Waals surface area contributed by atoms with Gasteiger partial charge in [-0.25, -0.2) is 4.79 Å². The Morgan fingerprint density at radius 3 is 2.37 bits per heavy atom. The fourth-order valence-electron chi connectivity index (χ4n) is 3.56. The van der Waals surface area contributed by atoms with Crippen molar-refractivity contribution in [3.63, 3.8) is 0 Å². The second-order valence-corrected chi connectivity index (χ2v) is 14.2. The Morgan fingerprint density at radius 2 is 1.90 bits per heavy atom. The molecule has 8 nitrogen and oxygen atoms in total. The van der Waals surface area contributed by atoms with E-state index in [1.54, 1.807) is 0 Å². The molecule has 0 bridgehead atoms. The first-order chi connectivity index (χ1) is 13.9. The molecular formula is C21H37NO7Si. The zero-order chi connectivity index (χ0) is 22.7. The van der Waals surface area contributed by atoms with Gasteiger partial charge in [-0.1, -0.05) is 32.9 Å². The zero-order valence-electron chi connectivity index (χ0n) is 19.4. The van der Waals surface area contributed by atoms with E-state index < -0.39 is 44.4 Å². The van der Waals surface area contributed by atoms with Crippen LogP contribution in [-0.2, 0) is 33.0 Å². The second kappa shape index (κ2) is 9.48. The summed E-state index contributed by atoms with van der Waals surface area (Å²) in [5.74, 6) is -2.49. The maximum atomic E-state index is 12.7. The van der Waals surface area contributed by atoms with E-state index in [0.29, 0.717) is 6.61 Å². The highest BCUT2D eigenvalue weighted by Crippen LogP contribution is 2.42. The van der Waals surface area contributed by atoms with Crippen LogP contribution in [0.15, 0.2) is 12.2 Å². The predicted molar refractivity (Wildman–Crippen MR) is 114 cm³/mol. The van der Waals surface area contributed by atoms with Crippen LogP contribution < -0.4 is 5.32 Å². The molecule has 0 spiro atoms. The summed E-state index contributed by atoms with van der Waals surface area (Å²) in [4.78, 5) is 24.8. The summed E-state index contributed by atoms with van der Waals surface area (Å²) in [6.45, 7) is 12.7. The highest BCUT2D eigenvalue weighted by atomic mass is 28.4. The van der Waals surface area contributed by atoms with E-state index >= 15 is 0 Å². The van der Waals surface area contributed by atoms with Gasteiger partial charge in [-0.15, -0.1) is 0 Å². The number of esters is 1. The number of hydrogen-bond acceptors (Lipinski definition) is 7. The molecule has 172 valence electrons. The van der Waals surface area contributed by atoms with Crippen LogP contribution in [0.4, 0.5) is 0 Å². The molecule has 5 atom stereocenters. The Bertz CT molecular complexity index is 660. The maximum absolute atomic E-state index is 12.7. The molecule has 9 heteroatoms. The predicted octanol–water partition coefficient (Wildman–Crippen LogP) is 2.53. The van der Waals surface area contributed by atoms with Crippen LogP contribution in [0.2, 0.25) is 18.1 Å². The molecule has 2 rings (SSSR count). The summed E-state index contributed by atoms with van der Waals surface area (Å²) in [7, 11) is 0.446. The first-order valence-electron chi connectivity index (χ1n) is 10.4. The minimum Gasteiger partial charge on any atom is -0.465 e. The Hall–Kier alpha value is -1.26. The van der Waals surface area contributed by atoms with Crippen LogP contribution in [0.3, 0.4) is 0 Å². The Morgan fingerprint density at radius 1 is 1.23 bits per heavy atom. The van der Waals surface area contributed by atoms with Crippen molar-refractivity contribution in [3.8, 4) is 0 Å². The molecule has 0 aromatic carbocycles. The third kappa shape index (κ3) is 5.31. The smallest absolute Gasteiger partial charge is 0.366 e. The van der Waals surface area contributed by atoms with Crippen molar-refractivity contribution in [1.29, 1.82) is 0 Å². The van der Waals surface area contributed by atoms with Crippen molar-refractivity contribution in [1.82, 2.24) is 5.32 Å². The van der Waals surface area contributed by atoms with Crippen LogP contribution >= 0.6 is 0 Å². The molecule has 1 saturated heterocycles. The van der Waals surface area contributed by atoms with Gasteiger partial charge in [0, 0.05) is 20.5 Å². The minimum absolute atomic E-state index is 0.0657. The fourth-order valence-corrected chi connectivity index (χ4v) is 4.90. The van der Waals surface area contributed by atoms with Crippen LogP contribution in [0.1, 0.15) is 40.5 Å². The molecule has 2 aliphatic heterocycles. The summed E-state index contributed by atoms with van der Waals surface area (Å²) in [5.41, 5.74) is 0. The Kier molecular flexibility index (Phi) is 7.90. The summed E-state index contributed by atoms with van der Waals surface area (Å²) < 4.78 is 29.4. The second-order valence-electron chi connectivity index (χ2n) is 9.43. The maximum Gasteiger partial charge on any atom is 0.366 e. The summed E-state index contributed by atoms with van der Waals surface area (Å²) in [5, 5.41) is 2.92. The molecule has 1 N–H and O–H groups in total. The van der Waals surface area contributed by atoms with Crippen molar-refractivity contribution in [3.05, 3.63) is 12.2 Å².